The topological polar surface area (TPSA) is 96.1 Å². The molecule has 0 radical (unpaired) electrons. The highest BCUT2D eigenvalue weighted by molar-refractivity contribution is 6.03. The number of aromatic amines is 1. The van der Waals surface area contributed by atoms with Gasteiger partial charge < -0.3 is 20.4 Å². The minimum absolute atomic E-state index is 0.0813. The van der Waals surface area contributed by atoms with Crippen LogP contribution in [0.25, 0.3) is 0 Å². The number of nitrogens with one attached hydrogen (secondary N) is 3. The molecule has 23 heavy (non-hydrogen) atoms. The molecule has 2 rings (SSSR count). The summed E-state index contributed by atoms with van der Waals surface area (Å²) in [7, 11) is 1.53. The van der Waals surface area contributed by atoms with Crippen molar-refractivity contribution in [1.82, 2.24) is 9.97 Å². The van der Waals surface area contributed by atoms with Gasteiger partial charge in [0.05, 0.1) is 25.3 Å². The molecular formula is C16H20N4O3. The molecule has 0 bridgehead atoms. The number of methoxy groups -OCH3 is 1. The van der Waals surface area contributed by atoms with E-state index in [1.165, 1.54) is 19.6 Å². The quantitative estimate of drug-likeness (QED) is 0.732. The van der Waals surface area contributed by atoms with E-state index in [4.69, 9.17) is 4.74 Å². The third kappa shape index (κ3) is 4.57. The standard InChI is InChI=1S/C16H20N4O3/c1-3-4-5-15(21)20-12-8-11(6-7-14(12)23-2)19-16(22)13-9-17-10-18-13/h6-10H,3-5H2,1-2H3,(H,17,18)(H,19,22)(H,20,21). The molecular weight excluding hydrogens is 296 g/mol. The molecule has 1 aromatic carbocycles. The first-order valence-electron chi connectivity index (χ1n) is 7.41. The number of benzene rings is 1. The number of amides is 2. The molecule has 0 spiro atoms. The number of rotatable bonds is 7. The van der Waals surface area contributed by atoms with Crippen molar-refractivity contribution in [3.8, 4) is 5.75 Å². The number of carbonyl (C=O) groups is 2. The molecule has 0 aliphatic heterocycles. The van der Waals surface area contributed by atoms with Crippen molar-refractivity contribution < 1.29 is 14.3 Å². The van der Waals surface area contributed by atoms with E-state index in [9.17, 15) is 9.59 Å². The van der Waals surface area contributed by atoms with Crippen LogP contribution in [0.4, 0.5) is 11.4 Å². The Hall–Kier alpha value is -2.83. The number of nitrogens with zero attached hydrogens (tertiary/aromatic N) is 1. The van der Waals surface area contributed by atoms with Crippen molar-refractivity contribution in [1.29, 1.82) is 0 Å². The van der Waals surface area contributed by atoms with Crippen molar-refractivity contribution in [2.75, 3.05) is 17.7 Å². The van der Waals surface area contributed by atoms with E-state index < -0.39 is 0 Å². The normalized spacial score (nSPS) is 10.2. The number of H-pyrrole nitrogens is 1. The highest BCUT2D eigenvalue weighted by Gasteiger charge is 2.11. The molecule has 7 nitrogen and oxygen atoms in total. The van der Waals surface area contributed by atoms with Crippen LogP contribution in [0.3, 0.4) is 0 Å². The SMILES string of the molecule is CCCCC(=O)Nc1cc(NC(=O)c2cnc[nH]2)ccc1OC. The van der Waals surface area contributed by atoms with Gasteiger partial charge in [-0.2, -0.15) is 0 Å². The fourth-order valence-electron chi connectivity index (χ4n) is 2.01. The summed E-state index contributed by atoms with van der Waals surface area (Å²) in [5.41, 5.74) is 1.43. The largest absolute Gasteiger partial charge is 0.495 e. The summed E-state index contributed by atoms with van der Waals surface area (Å²) in [5, 5.41) is 5.54. The minimum atomic E-state index is -0.309. The van der Waals surface area contributed by atoms with Crippen LogP contribution < -0.4 is 15.4 Å². The predicted octanol–water partition coefficient (Wildman–Crippen LogP) is 2.80. The number of hydrogen-bond acceptors (Lipinski definition) is 4. The molecule has 2 aromatic rings. The third-order valence-electron chi connectivity index (χ3n) is 3.23. The van der Waals surface area contributed by atoms with Crippen molar-refractivity contribution in [3.63, 3.8) is 0 Å². The molecule has 122 valence electrons. The average molecular weight is 316 g/mol. The Labute approximate surface area is 134 Å². The first-order valence-corrected chi connectivity index (χ1v) is 7.41. The zero-order valence-electron chi connectivity index (χ0n) is 13.2. The summed E-state index contributed by atoms with van der Waals surface area (Å²) >= 11 is 0. The maximum Gasteiger partial charge on any atom is 0.273 e. The lowest BCUT2D eigenvalue weighted by atomic mass is 10.2. The fraction of sp³-hybridized carbons (Fsp3) is 0.312. The Morgan fingerprint density at radius 2 is 2.13 bits per heavy atom. The Morgan fingerprint density at radius 3 is 2.78 bits per heavy atom. The summed E-state index contributed by atoms with van der Waals surface area (Å²) in [5.74, 6) is 0.146. The monoisotopic (exact) mass is 316 g/mol. The van der Waals surface area contributed by atoms with E-state index in [-0.39, 0.29) is 11.8 Å². The third-order valence-corrected chi connectivity index (χ3v) is 3.23. The summed E-state index contributed by atoms with van der Waals surface area (Å²) in [4.78, 5) is 30.4. The van der Waals surface area contributed by atoms with Gasteiger partial charge in [0.2, 0.25) is 5.91 Å². The highest BCUT2D eigenvalue weighted by Crippen LogP contribution is 2.28. The molecule has 0 saturated heterocycles. The van der Waals surface area contributed by atoms with Gasteiger partial charge in [-0.1, -0.05) is 13.3 Å². The zero-order valence-corrected chi connectivity index (χ0v) is 13.2. The maximum absolute atomic E-state index is 12.0. The molecule has 7 heteroatoms. The Kier molecular flexibility index (Phi) is 5.74. The van der Waals surface area contributed by atoms with Crippen molar-refractivity contribution in [3.05, 3.63) is 36.4 Å². The summed E-state index contributed by atoms with van der Waals surface area (Å²) < 4.78 is 5.24. The van der Waals surface area contributed by atoms with Crippen LogP contribution in [0.5, 0.6) is 5.75 Å². The number of imidazole rings is 1. The first kappa shape index (κ1) is 16.5. The molecule has 1 aromatic heterocycles. The molecule has 0 aliphatic carbocycles. The Balaban J connectivity index is 2.11. The van der Waals surface area contributed by atoms with Crippen LogP contribution in [0, 0.1) is 0 Å². The smallest absolute Gasteiger partial charge is 0.273 e. The van der Waals surface area contributed by atoms with Gasteiger partial charge in [-0.05, 0) is 24.6 Å². The number of ether oxygens (including phenoxy) is 1. The van der Waals surface area contributed by atoms with Gasteiger partial charge in [-0.15, -0.1) is 0 Å². The van der Waals surface area contributed by atoms with E-state index in [0.717, 1.165) is 12.8 Å². The lowest BCUT2D eigenvalue weighted by Gasteiger charge is -2.12. The molecule has 0 atom stereocenters. The van der Waals surface area contributed by atoms with E-state index in [2.05, 4.69) is 20.6 Å². The van der Waals surface area contributed by atoms with Crippen LogP contribution >= 0.6 is 0 Å². The summed E-state index contributed by atoms with van der Waals surface area (Å²) in [6.07, 6.45) is 5.09. The summed E-state index contributed by atoms with van der Waals surface area (Å²) in [6.45, 7) is 2.03. The Morgan fingerprint density at radius 1 is 1.30 bits per heavy atom. The van der Waals surface area contributed by atoms with E-state index in [1.54, 1.807) is 18.2 Å². The van der Waals surface area contributed by atoms with Gasteiger partial charge in [0, 0.05) is 12.1 Å². The predicted molar refractivity (Wildman–Crippen MR) is 87.7 cm³/mol. The van der Waals surface area contributed by atoms with Crippen molar-refractivity contribution in [2.24, 2.45) is 0 Å². The van der Waals surface area contributed by atoms with E-state index >= 15 is 0 Å². The summed E-state index contributed by atoms with van der Waals surface area (Å²) in [6, 6.07) is 5.06. The van der Waals surface area contributed by atoms with E-state index in [1.807, 2.05) is 6.92 Å². The molecule has 0 unspecified atom stereocenters. The molecule has 0 fully saturated rings. The van der Waals surface area contributed by atoms with Gasteiger partial charge in [-0.3, -0.25) is 9.59 Å². The second-order valence-electron chi connectivity index (χ2n) is 4.99. The minimum Gasteiger partial charge on any atom is -0.495 e. The number of carbonyl (C=O) groups excluding carboxylic acids is 2. The number of aromatic nitrogens is 2. The second kappa shape index (κ2) is 7.98. The highest BCUT2D eigenvalue weighted by atomic mass is 16.5. The molecule has 1 heterocycles. The lowest BCUT2D eigenvalue weighted by molar-refractivity contribution is -0.116. The first-order chi connectivity index (χ1) is 11.1. The van der Waals surface area contributed by atoms with Gasteiger partial charge >= 0.3 is 0 Å². The maximum atomic E-state index is 12.0. The van der Waals surface area contributed by atoms with Crippen LogP contribution in [0.1, 0.15) is 36.7 Å². The van der Waals surface area contributed by atoms with Gasteiger partial charge in [0.15, 0.2) is 0 Å². The average Bonchev–Trinajstić information content (AvgIpc) is 3.08. The fourth-order valence-corrected chi connectivity index (χ4v) is 2.01. The molecule has 3 N–H and O–H groups in total. The lowest BCUT2D eigenvalue weighted by Crippen LogP contribution is -2.14. The van der Waals surface area contributed by atoms with Gasteiger partial charge in [-0.25, -0.2) is 4.98 Å². The van der Waals surface area contributed by atoms with Crippen LogP contribution in [0.15, 0.2) is 30.7 Å². The molecule has 2 amide bonds. The van der Waals surface area contributed by atoms with Gasteiger partial charge in [0.25, 0.3) is 5.91 Å². The zero-order chi connectivity index (χ0) is 16.7. The second-order valence-corrected chi connectivity index (χ2v) is 4.99. The Bertz CT molecular complexity index is 668. The van der Waals surface area contributed by atoms with Crippen LogP contribution in [0.2, 0.25) is 0 Å². The number of anilines is 2. The molecule has 0 aliphatic rings. The van der Waals surface area contributed by atoms with Crippen LogP contribution in [-0.4, -0.2) is 28.9 Å². The number of hydrogen-bond donors (Lipinski definition) is 3. The van der Waals surface area contributed by atoms with E-state index in [0.29, 0.717) is 29.2 Å². The molecule has 0 saturated carbocycles. The van der Waals surface area contributed by atoms with Crippen molar-refractivity contribution in [2.45, 2.75) is 26.2 Å². The number of unbranched alkanes of at least 4 members (excludes halogenated alkanes) is 1. The van der Waals surface area contributed by atoms with Crippen molar-refractivity contribution >= 4 is 23.2 Å². The van der Waals surface area contributed by atoms with Crippen LogP contribution in [-0.2, 0) is 4.79 Å². The van der Waals surface area contributed by atoms with Gasteiger partial charge in [0.1, 0.15) is 11.4 Å².